The van der Waals surface area contributed by atoms with Crippen molar-refractivity contribution in [1.29, 1.82) is 0 Å². The molecule has 0 bridgehead atoms. The summed E-state index contributed by atoms with van der Waals surface area (Å²) in [6, 6.07) is 3.83. The Kier molecular flexibility index (Phi) is 3.68. The van der Waals surface area contributed by atoms with Gasteiger partial charge in [0, 0.05) is 25.4 Å². The molecule has 120 valence electrons. The van der Waals surface area contributed by atoms with Gasteiger partial charge in [-0.15, -0.1) is 5.10 Å². The van der Waals surface area contributed by atoms with E-state index in [4.69, 9.17) is 9.15 Å². The molecule has 1 aliphatic heterocycles. The summed E-state index contributed by atoms with van der Waals surface area (Å²) in [6.45, 7) is 2.62. The van der Waals surface area contributed by atoms with E-state index in [-0.39, 0.29) is 6.10 Å². The van der Waals surface area contributed by atoms with E-state index < -0.39 is 0 Å². The van der Waals surface area contributed by atoms with Crippen molar-refractivity contribution >= 4 is 0 Å². The molecular formula is C15H18N6O2. The Balaban J connectivity index is 1.39. The summed E-state index contributed by atoms with van der Waals surface area (Å²) in [7, 11) is 1.89. The van der Waals surface area contributed by atoms with Crippen LogP contribution in [0.5, 0.6) is 0 Å². The number of nitrogens with one attached hydrogen (secondary N) is 1. The van der Waals surface area contributed by atoms with E-state index in [9.17, 15) is 0 Å². The van der Waals surface area contributed by atoms with Gasteiger partial charge in [-0.2, -0.15) is 5.10 Å². The average Bonchev–Trinajstić information content (AvgIpc) is 3.27. The average molecular weight is 314 g/mol. The lowest BCUT2D eigenvalue weighted by atomic mass is 10.2. The monoisotopic (exact) mass is 314 g/mol. The fraction of sp³-hybridized carbons (Fsp3) is 0.400. The van der Waals surface area contributed by atoms with Crippen LogP contribution in [-0.4, -0.2) is 37.4 Å². The molecule has 1 N–H and O–H groups in total. The lowest BCUT2D eigenvalue weighted by Gasteiger charge is -2.24. The minimum atomic E-state index is 0.0703. The highest BCUT2D eigenvalue weighted by molar-refractivity contribution is 5.59. The lowest BCUT2D eigenvalue weighted by Crippen LogP contribution is -2.36. The first-order valence-corrected chi connectivity index (χ1v) is 7.55. The van der Waals surface area contributed by atoms with Crippen LogP contribution in [-0.2, 0) is 31.5 Å². The van der Waals surface area contributed by atoms with Crippen LogP contribution >= 0.6 is 0 Å². The number of furan rings is 1. The molecule has 0 saturated carbocycles. The molecule has 4 heterocycles. The normalized spacial score (nSPS) is 17.3. The predicted octanol–water partition coefficient (Wildman–Crippen LogP) is 0.960. The largest absolute Gasteiger partial charge is 0.468 e. The van der Waals surface area contributed by atoms with Crippen LogP contribution in [0.4, 0.5) is 0 Å². The number of fused-ring (bicyclic) bond motifs is 1. The molecular weight excluding hydrogens is 296 g/mol. The Bertz CT molecular complexity index is 776. The molecule has 4 rings (SSSR count). The summed E-state index contributed by atoms with van der Waals surface area (Å²) in [5.74, 6) is 0.918. The summed E-state index contributed by atoms with van der Waals surface area (Å²) in [5.41, 5.74) is 2.81. The highest BCUT2D eigenvalue weighted by Crippen LogP contribution is 2.24. The van der Waals surface area contributed by atoms with Gasteiger partial charge in [-0.1, -0.05) is 5.21 Å². The maximum absolute atomic E-state index is 5.93. The minimum absolute atomic E-state index is 0.0703. The van der Waals surface area contributed by atoms with Gasteiger partial charge in [0.25, 0.3) is 0 Å². The summed E-state index contributed by atoms with van der Waals surface area (Å²) >= 11 is 0. The number of aryl methyl sites for hydroxylation is 1. The zero-order valence-corrected chi connectivity index (χ0v) is 12.8. The first-order chi connectivity index (χ1) is 11.3. The molecule has 0 fully saturated rings. The van der Waals surface area contributed by atoms with Crippen molar-refractivity contribution in [3.8, 4) is 11.3 Å². The van der Waals surface area contributed by atoms with Gasteiger partial charge in [0.15, 0.2) is 0 Å². The SMILES string of the molecule is Cn1cc(-c2nnn3c2CO[C@@H](CNCc2ccco2)C3)cn1. The van der Waals surface area contributed by atoms with E-state index in [0.29, 0.717) is 19.7 Å². The predicted molar refractivity (Wildman–Crippen MR) is 81.2 cm³/mol. The fourth-order valence-electron chi connectivity index (χ4n) is 2.73. The second kappa shape index (κ2) is 5.98. The third-order valence-corrected chi connectivity index (χ3v) is 3.90. The van der Waals surface area contributed by atoms with E-state index in [2.05, 4.69) is 20.7 Å². The molecule has 0 spiro atoms. The van der Waals surface area contributed by atoms with Gasteiger partial charge in [0.05, 0.1) is 44.0 Å². The Morgan fingerprint density at radius 2 is 2.39 bits per heavy atom. The van der Waals surface area contributed by atoms with Gasteiger partial charge in [-0.25, -0.2) is 4.68 Å². The molecule has 0 amide bonds. The molecule has 0 aromatic carbocycles. The third-order valence-electron chi connectivity index (χ3n) is 3.90. The minimum Gasteiger partial charge on any atom is -0.468 e. The van der Waals surface area contributed by atoms with Crippen molar-refractivity contribution in [2.75, 3.05) is 6.54 Å². The highest BCUT2D eigenvalue weighted by atomic mass is 16.5. The molecule has 1 aliphatic rings. The quantitative estimate of drug-likeness (QED) is 0.755. The van der Waals surface area contributed by atoms with Crippen LogP contribution in [0.3, 0.4) is 0 Å². The second-order valence-corrected chi connectivity index (χ2v) is 5.61. The molecule has 8 nitrogen and oxygen atoms in total. The smallest absolute Gasteiger partial charge is 0.121 e. The molecule has 23 heavy (non-hydrogen) atoms. The van der Waals surface area contributed by atoms with Crippen LogP contribution in [0.25, 0.3) is 11.3 Å². The van der Waals surface area contributed by atoms with E-state index in [1.165, 1.54) is 0 Å². The van der Waals surface area contributed by atoms with Crippen molar-refractivity contribution < 1.29 is 9.15 Å². The number of aromatic nitrogens is 5. The summed E-state index contributed by atoms with van der Waals surface area (Å²) in [5, 5.41) is 16.1. The van der Waals surface area contributed by atoms with E-state index >= 15 is 0 Å². The number of ether oxygens (including phenoxy) is 1. The highest BCUT2D eigenvalue weighted by Gasteiger charge is 2.24. The van der Waals surface area contributed by atoms with Crippen molar-refractivity contribution in [2.45, 2.75) is 25.8 Å². The number of nitrogens with zero attached hydrogens (tertiary/aromatic N) is 5. The Labute approximate surface area is 133 Å². The Morgan fingerprint density at radius 1 is 1.43 bits per heavy atom. The van der Waals surface area contributed by atoms with Gasteiger partial charge in [-0.05, 0) is 12.1 Å². The van der Waals surface area contributed by atoms with Crippen LogP contribution < -0.4 is 5.32 Å². The summed E-state index contributed by atoms with van der Waals surface area (Å²) < 4.78 is 14.9. The molecule has 0 saturated heterocycles. The Morgan fingerprint density at radius 3 is 3.17 bits per heavy atom. The van der Waals surface area contributed by atoms with E-state index in [0.717, 1.165) is 29.3 Å². The molecule has 3 aromatic heterocycles. The number of hydrogen-bond acceptors (Lipinski definition) is 6. The van der Waals surface area contributed by atoms with Crippen LogP contribution in [0.15, 0.2) is 35.2 Å². The molecule has 0 aliphatic carbocycles. The fourth-order valence-corrected chi connectivity index (χ4v) is 2.73. The summed E-state index contributed by atoms with van der Waals surface area (Å²) in [4.78, 5) is 0. The third kappa shape index (κ3) is 2.90. The van der Waals surface area contributed by atoms with E-state index in [1.807, 2.05) is 30.1 Å². The van der Waals surface area contributed by atoms with Crippen molar-refractivity contribution in [3.05, 3.63) is 42.2 Å². The van der Waals surface area contributed by atoms with Crippen LogP contribution in [0, 0.1) is 0 Å². The first kappa shape index (κ1) is 14.2. The van der Waals surface area contributed by atoms with Crippen molar-refractivity contribution in [3.63, 3.8) is 0 Å². The maximum atomic E-state index is 5.93. The van der Waals surface area contributed by atoms with Gasteiger partial charge in [0.1, 0.15) is 11.5 Å². The zero-order valence-electron chi connectivity index (χ0n) is 12.8. The van der Waals surface area contributed by atoms with Crippen molar-refractivity contribution in [1.82, 2.24) is 30.1 Å². The van der Waals surface area contributed by atoms with Crippen LogP contribution in [0.1, 0.15) is 11.5 Å². The summed E-state index contributed by atoms with van der Waals surface area (Å²) in [6.07, 6.45) is 5.47. The molecule has 3 aromatic rings. The standard InChI is InChI=1S/C15H18N6O2/c1-20-8-11(5-17-20)15-14-10-23-13(9-21(14)19-18-15)7-16-6-12-3-2-4-22-12/h2-5,8,13,16H,6-7,9-10H2,1H3/t13-/m0/s1. The molecule has 0 unspecified atom stereocenters. The van der Waals surface area contributed by atoms with Gasteiger partial charge in [0.2, 0.25) is 0 Å². The number of rotatable bonds is 5. The Hall–Kier alpha value is -2.45. The molecule has 1 atom stereocenters. The van der Waals surface area contributed by atoms with Crippen LogP contribution in [0.2, 0.25) is 0 Å². The topological polar surface area (TPSA) is 82.9 Å². The molecule has 8 heteroatoms. The second-order valence-electron chi connectivity index (χ2n) is 5.61. The lowest BCUT2D eigenvalue weighted by molar-refractivity contribution is 0.00106. The molecule has 0 radical (unpaired) electrons. The number of hydrogen-bond donors (Lipinski definition) is 1. The van der Waals surface area contributed by atoms with Gasteiger partial charge >= 0.3 is 0 Å². The first-order valence-electron chi connectivity index (χ1n) is 7.55. The van der Waals surface area contributed by atoms with Gasteiger partial charge in [-0.3, -0.25) is 4.68 Å². The zero-order chi connectivity index (χ0) is 15.6. The van der Waals surface area contributed by atoms with E-state index in [1.54, 1.807) is 17.1 Å². The maximum Gasteiger partial charge on any atom is 0.121 e. The van der Waals surface area contributed by atoms with Crippen molar-refractivity contribution in [2.24, 2.45) is 7.05 Å². The van der Waals surface area contributed by atoms with Gasteiger partial charge < -0.3 is 14.5 Å².